The predicted octanol–water partition coefficient (Wildman–Crippen LogP) is 4.12. The highest BCUT2D eigenvalue weighted by atomic mass is 32.1. The van der Waals surface area contributed by atoms with Crippen LogP contribution in [0.4, 0.5) is 11.4 Å². The van der Waals surface area contributed by atoms with Crippen LogP contribution >= 0.6 is 22.7 Å². The molecule has 0 aliphatic rings. The van der Waals surface area contributed by atoms with Gasteiger partial charge >= 0.3 is 0 Å². The van der Waals surface area contributed by atoms with Crippen molar-refractivity contribution in [1.29, 1.82) is 0 Å². The maximum atomic E-state index is 12.1. The summed E-state index contributed by atoms with van der Waals surface area (Å²) in [7, 11) is 3.97. The van der Waals surface area contributed by atoms with Gasteiger partial charge in [0.1, 0.15) is 5.01 Å². The highest BCUT2D eigenvalue weighted by Crippen LogP contribution is 2.26. The number of amides is 1. The Balaban J connectivity index is 1.61. The fourth-order valence-corrected chi connectivity index (χ4v) is 3.65. The molecule has 0 unspecified atom stereocenters. The number of benzene rings is 1. The SMILES string of the molecule is CN(C)c1ccc(NC(=O)Cc2csc(-c3ccsc3)n2)cc1. The summed E-state index contributed by atoms with van der Waals surface area (Å²) in [4.78, 5) is 18.7. The number of thiazole rings is 1. The van der Waals surface area contributed by atoms with Crippen molar-refractivity contribution in [3.63, 3.8) is 0 Å². The first kappa shape index (κ1) is 15.7. The van der Waals surface area contributed by atoms with Crippen molar-refractivity contribution in [2.45, 2.75) is 6.42 Å². The quantitative estimate of drug-likeness (QED) is 0.758. The monoisotopic (exact) mass is 343 g/mol. The number of aromatic nitrogens is 1. The van der Waals surface area contributed by atoms with Gasteiger partial charge in [-0.15, -0.1) is 11.3 Å². The smallest absolute Gasteiger partial charge is 0.230 e. The molecule has 0 aliphatic heterocycles. The van der Waals surface area contributed by atoms with Crippen molar-refractivity contribution in [3.8, 4) is 10.6 Å². The Hall–Kier alpha value is -2.18. The molecule has 1 amide bonds. The Morgan fingerprint density at radius 1 is 1.17 bits per heavy atom. The number of carbonyl (C=O) groups is 1. The molecule has 0 fully saturated rings. The molecule has 118 valence electrons. The summed E-state index contributed by atoms with van der Waals surface area (Å²) in [5.41, 5.74) is 3.82. The third kappa shape index (κ3) is 3.97. The van der Waals surface area contributed by atoms with Gasteiger partial charge in [0.05, 0.1) is 12.1 Å². The van der Waals surface area contributed by atoms with Crippen LogP contribution < -0.4 is 10.2 Å². The molecule has 0 radical (unpaired) electrons. The van der Waals surface area contributed by atoms with E-state index < -0.39 is 0 Å². The van der Waals surface area contributed by atoms with E-state index in [4.69, 9.17) is 0 Å². The van der Waals surface area contributed by atoms with Crippen LogP contribution in [0.2, 0.25) is 0 Å². The Morgan fingerprint density at radius 3 is 2.61 bits per heavy atom. The van der Waals surface area contributed by atoms with Gasteiger partial charge in [0, 0.05) is 41.8 Å². The molecule has 1 aromatic carbocycles. The van der Waals surface area contributed by atoms with Crippen LogP contribution in [0.1, 0.15) is 5.69 Å². The molecule has 0 saturated carbocycles. The number of anilines is 2. The van der Waals surface area contributed by atoms with Gasteiger partial charge in [-0.05, 0) is 35.7 Å². The molecular weight excluding hydrogens is 326 g/mol. The molecule has 1 N–H and O–H groups in total. The van der Waals surface area contributed by atoms with E-state index in [2.05, 4.69) is 15.7 Å². The maximum Gasteiger partial charge on any atom is 0.230 e. The minimum Gasteiger partial charge on any atom is -0.378 e. The minimum atomic E-state index is -0.0511. The number of nitrogens with zero attached hydrogens (tertiary/aromatic N) is 2. The number of hydrogen-bond donors (Lipinski definition) is 1. The van der Waals surface area contributed by atoms with Gasteiger partial charge in [-0.25, -0.2) is 4.98 Å². The molecule has 2 heterocycles. The van der Waals surface area contributed by atoms with E-state index in [1.807, 2.05) is 60.1 Å². The summed E-state index contributed by atoms with van der Waals surface area (Å²) >= 11 is 3.22. The molecular formula is C17H17N3OS2. The fourth-order valence-electron chi connectivity index (χ4n) is 2.12. The standard InChI is InChI=1S/C17H17N3OS2/c1-20(2)15-5-3-13(4-6-15)18-16(21)9-14-11-23-17(19-14)12-7-8-22-10-12/h3-8,10-11H,9H2,1-2H3,(H,18,21). The lowest BCUT2D eigenvalue weighted by Gasteiger charge is -2.12. The van der Waals surface area contributed by atoms with Gasteiger partial charge in [-0.2, -0.15) is 11.3 Å². The molecule has 0 bridgehead atoms. The Bertz CT molecular complexity index is 777. The van der Waals surface area contributed by atoms with E-state index in [1.54, 1.807) is 22.7 Å². The Morgan fingerprint density at radius 2 is 1.96 bits per heavy atom. The summed E-state index contributed by atoms with van der Waals surface area (Å²) in [5, 5.41) is 9.91. The second kappa shape index (κ2) is 6.93. The highest BCUT2D eigenvalue weighted by molar-refractivity contribution is 7.14. The number of thiophene rings is 1. The normalized spacial score (nSPS) is 10.5. The average molecular weight is 343 g/mol. The first-order chi connectivity index (χ1) is 11.1. The van der Waals surface area contributed by atoms with Gasteiger partial charge in [-0.1, -0.05) is 0 Å². The lowest BCUT2D eigenvalue weighted by Crippen LogP contribution is -2.15. The molecule has 4 nitrogen and oxygen atoms in total. The van der Waals surface area contributed by atoms with Crippen LogP contribution in [0.25, 0.3) is 10.6 Å². The van der Waals surface area contributed by atoms with Crippen LogP contribution in [0.3, 0.4) is 0 Å². The molecule has 6 heteroatoms. The lowest BCUT2D eigenvalue weighted by atomic mass is 10.2. The van der Waals surface area contributed by atoms with Crippen molar-refractivity contribution in [2.75, 3.05) is 24.3 Å². The van der Waals surface area contributed by atoms with Crippen LogP contribution in [0, 0.1) is 0 Å². The first-order valence-corrected chi connectivity index (χ1v) is 8.98. The van der Waals surface area contributed by atoms with E-state index >= 15 is 0 Å². The van der Waals surface area contributed by atoms with E-state index in [0.717, 1.165) is 27.6 Å². The van der Waals surface area contributed by atoms with Gasteiger partial charge in [-0.3, -0.25) is 4.79 Å². The second-order valence-electron chi connectivity index (χ2n) is 5.32. The fraction of sp³-hybridized carbons (Fsp3) is 0.176. The minimum absolute atomic E-state index is 0.0511. The van der Waals surface area contributed by atoms with E-state index in [-0.39, 0.29) is 12.3 Å². The molecule has 2 aromatic heterocycles. The molecule has 0 spiro atoms. The number of nitrogens with one attached hydrogen (secondary N) is 1. The highest BCUT2D eigenvalue weighted by Gasteiger charge is 2.09. The lowest BCUT2D eigenvalue weighted by molar-refractivity contribution is -0.115. The summed E-state index contributed by atoms with van der Waals surface area (Å²) in [6.07, 6.45) is 0.288. The summed E-state index contributed by atoms with van der Waals surface area (Å²) < 4.78 is 0. The van der Waals surface area contributed by atoms with E-state index in [1.165, 1.54) is 0 Å². The van der Waals surface area contributed by atoms with Crippen molar-refractivity contribution in [3.05, 3.63) is 52.2 Å². The number of carbonyl (C=O) groups excluding carboxylic acids is 1. The number of hydrogen-bond acceptors (Lipinski definition) is 5. The van der Waals surface area contributed by atoms with E-state index in [0.29, 0.717) is 0 Å². The molecule has 3 aromatic rings. The van der Waals surface area contributed by atoms with Gasteiger partial charge < -0.3 is 10.2 Å². The topological polar surface area (TPSA) is 45.2 Å². The van der Waals surface area contributed by atoms with Gasteiger partial charge in [0.25, 0.3) is 0 Å². The van der Waals surface area contributed by atoms with E-state index in [9.17, 15) is 4.79 Å². The van der Waals surface area contributed by atoms with Crippen LogP contribution in [-0.4, -0.2) is 25.0 Å². The maximum absolute atomic E-state index is 12.1. The molecule has 0 aliphatic carbocycles. The second-order valence-corrected chi connectivity index (χ2v) is 6.96. The molecule has 0 atom stereocenters. The largest absolute Gasteiger partial charge is 0.378 e. The Kier molecular flexibility index (Phi) is 4.73. The molecule has 3 rings (SSSR count). The van der Waals surface area contributed by atoms with Crippen molar-refractivity contribution in [1.82, 2.24) is 4.98 Å². The summed E-state index contributed by atoms with van der Waals surface area (Å²) in [6, 6.07) is 9.82. The molecule has 23 heavy (non-hydrogen) atoms. The predicted molar refractivity (Wildman–Crippen MR) is 98.5 cm³/mol. The van der Waals surface area contributed by atoms with Crippen LogP contribution in [0.15, 0.2) is 46.5 Å². The third-order valence-corrected chi connectivity index (χ3v) is 4.95. The van der Waals surface area contributed by atoms with Crippen molar-refractivity contribution in [2.24, 2.45) is 0 Å². The van der Waals surface area contributed by atoms with Crippen LogP contribution in [-0.2, 0) is 11.2 Å². The van der Waals surface area contributed by atoms with Gasteiger partial charge in [0.2, 0.25) is 5.91 Å². The van der Waals surface area contributed by atoms with Crippen molar-refractivity contribution >= 4 is 40.0 Å². The number of rotatable bonds is 5. The zero-order valence-electron chi connectivity index (χ0n) is 12.9. The van der Waals surface area contributed by atoms with Gasteiger partial charge in [0.15, 0.2) is 0 Å². The zero-order valence-corrected chi connectivity index (χ0v) is 14.6. The zero-order chi connectivity index (χ0) is 16.2. The first-order valence-electron chi connectivity index (χ1n) is 7.16. The summed E-state index contributed by atoms with van der Waals surface area (Å²) in [5.74, 6) is -0.0511. The van der Waals surface area contributed by atoms with Crippen molar-refractivity contribution < 1.29 is 4.79 Å². The average Bonchev–Trinajstić information content (AvgIpc) is 3.18. The Labute approximate surface area is 143 Å². The van der Waals surface area contributed by atoms with Crippen LogP contribution in [0.5, 0.6) is 0 Å². The third-order valence-electron chi connectivity index (χ3n) is 3.33. The molecule has 0 saturated heterocycles. The summed E-state index contributed by atoms with van der Waals surface area (Å²) in [6.45, 7) is 0.